The molecule has 154 valence electrons. The topological polar surface area (TPSA) is 59.0 Å². The molecule has 0 amide bonds. The Morgan fingerprint density at radius 1 is 1.23 bits per heavy atom. The lowest BCUT2D eigenvalue weighted by Crippen LogP contribution is -2.64. The lowest BCUT2D eigenvalue weighted by molar-refractivity contribution is -0.0453. The van der Waals surface area contributed by atoms with E-state index in [0.717, 1.165) is 30.5 Å². The molecule has 5 atom stereocenters. The third kappa shape index (κ3) is 2.22. The first-order valence-electron chi connectivity index (χ1n) is 10.7. The van der Waals surface area contributed by atoms with Crippen LogP contribution in [0.15, 0.2) is 48.6 Å². The van der Waals surface area contributed by atoms with Crippen LogP contribution in [0.1, 0.15) is 33.5 Å². The standard InChI is InChI=1S/C25H25NO4/c1-14-5-3-4-6-16(14)24(28)29-20-10-7-15-13-18-17-8-9-19(27)23-25(17,11-12-26(18)2)21(15)22(20)30-23/h3-10,17-19,23,27H,11-13H2,1-2H3/t17-,18+,19-,23-,25-/m0/s1. The molecule has 0 aromatic heterocycles. The third-order valence-electron chi connectivity index (χ3n) is 7.70. The molecular weight excluding hydrogens is 378 g/mol. The molecule has 2 aliphatic carbocycles. The van der Waals surface area contributed by atoms with Crippen LogP contribution >= 0.6 is 0 Å². The van der Waals surface area contributed by atoms with Crippen LogP contribution in [0.3, 0.4) is 0 Å². The normalized spacial score (nSPS) is 33.0. The number of aliphatic hydroxyl groups is 1. The number of likely N-dealkylation sites (N-methyl/N-ethyl adjacent to an activating group) is 1. The maximum Gasteiger partial charge on any atom is 0.343 e. The van der Waals surface area contributed by atoms with E-state index in [1.54, 1.807) is 6.07 Å². The molecule has 6 rings (SSSR count). The Balaban J connectivity index is 1.47. The van der Waals surface area contributed by atoms with Crippen LogP contribution < -0.4 is 9.47 Å². The van der Waals surface area contributed by atoms with Gasteiger partial charge >= 0.3 is 5.97 Å². The lowest BCUT2D eigenvalue weighted by Gasteiger charge is -2.56. The van der Waals surface area contributed by atoms with Gasteiger partial charge in [-0.3, -0.25) is 0 Å². The predicted octanol–water partition coefficient (Wildman–Crippen LogP) is 3.02. The number of likely N-dealkylation sites (tertiary alicyclic amines) is 1. The molecule has 5 heteroatoms. The van der Waals surface area contributed by atoms with Crippen LogP contribution in [0.5, 0.6) is 11.5 Å². The summed E-state index contributed by atoms with van der Waals surface area (Å²) in [7, 11) is 2.19. The summed E-state index contributed by atoms with van der Waals surface area (Å²) in [5.74, 6) is 1.01. The summed E-state index contributed by atoms with van der Waals surface area (Å²) >= 11 is 0. The van der Waals surface area contributed by atoms with E-state index in [0.29, 0.717) is 29.0 Å². The van der Waals surface area contributed by atoms with E-state index in [1.165, 1.54) is 5.56 Å². The van der Waals surface area contributed by atoms with Crippen LogP contribution in [0.25, 0.3) is 0 Å². The van der Waals surface area contributed by atoms with Crippen LogP contribution in [0.2, 0.25) is 0 Å². The number of carbonyl (C=O) groups is 1. The number of carbonyl (C=O) groups excluding carboxylic acids is 1. The van der Waals surface area contributed by atoms with Gasteiger partial charge in [-0.1, -0.05) is 36.4 Å². The van der Waals surface area contributed by atoms with Gasteiger partial charge in [-0.15, -0.1) is 0 Å². The van der Waals surface area contributed by atoms with Crippen molar-refractivity contribution in [1.82, 2.24) is 4.90 Å². The van der Waals surface area contributed by atoms with Crippen molar-refractivity contribution in [2.45, 2.75) is 43.4 Å². The van der Waals surface area contributed by atoms with E-state index in [-0.39, 0.29) is 17.5 Å². The summed E-state index contributed by atoms with van der Waals surface area (Å²) in [6.07, 6.45) is 4.93. The zero-order valence-corrected chi connectivity index (χ0v) is 17.2. The minimum Gasteiger partial charge on any atom is -0.482 e. The largest absolute Gasteiger partial charge is 0.482 e. The third-order valence-corrected chi connectivity index (χ3v) is 7.70. The van der Waals surface area contributed by atoms with Crippen molar-refractivity contribution in [3.63, 3.8) is 0 Å². The highest BCUT2D eigenvalue weighted by molar-refractivity contribution is 5.93. The fourth-order valence-electron chi connectivity index (χ4n) is 6.27. The fourth-order valence-corrected chi connectivity index (χ4v) is 6.27. The second-order valence-electron chi connectivity index (χ2n) is 9.11. The number of hydrogen-bond donors (Lipinski definition) is 1. The van der Waals surface area contributed by atoms with Gasteiger partial charge < -0.3 is 19.5 Å². The molecule has 2 aromatic rings. The Labute approximate surface area is 175 Å². The number of hydrogen-bond acceptors (Lipinski definition) is 5. The Kier molecular flexibility index (Phi) is 3.75. The molecule has 2 bridgehead atoms. The van der Waals surface area contributed by atoms with E-state index in [1.807, 2.05) is 37.3 Å². The van der Waals surface area contributed by atoms with Crippen molar-refractivity contribution in [2.75, 3.05) is 13.6 Å². The van der Waals surface area contributed by atoms with Crippen LogP contribution in [0.4, 0.5) is 0 Å². The zero-order chi connectivity index (χ0) is 20.6. The monoisotopic (exact) mass is 403 g/mol. The second-order valence-corrected chi connectivity index (χ2v) is 9.11. The van der Waals surface area contributed by atoms with Crippen molar-refractivity contribution >= 4 is 5.97 Å². The van der Waals surface area contributed by atoms with Gasteiger partial charge in [0, 0.05) is 22.9 Å². The number of piperidine rings is 1. The van der Waals surface area contributed by atoms with Gasteiger partial charge in [0.15, 0.2) is 11.5 Å². The SMILES string of the molecule is Cc1ccccc1C(=O)Oc1ccc2c3c1O[C@H]1[C@@H](O)C=C[C@H]4[C@@H](C2)N(C)CC[C@@]341. The van der Waals surface area contributed by atoms with Crippen molar-refractivity contribution in [3.8, 4) is 11.5 Å². The first-order chi connectivity index (χ1) is 14.5. The molecule has 2 aromatic carbocycles. The van der Waals surface area contributed by atoms with Gasteiger partial charge in [-0.25, -0.2) is 4.79 Å². The van der Waals surface area contributed by atoms with Crippen LogP contribution in [-0.4, -0.2) is 47.8 Å². The molecule has 5 nitrogen and oxygen atoms in total. The molecule has 0 unspecified atom stereocenters. The smallest absolute Gasteiger partial charge is 0.343 e. The molecule has 1 spiro atoms. The Bertz CT molecular complexity index is 1090. The number of benzene rings is 2. The molecule has 0 saturated carbocycles. The number of nitrogens with zero attached hydrogens (tertiary/aromatic N) is 1. The Hall–Kier alpha value is -2.63. The van der Waals surface area contributed by atoms with Crippen molar-refractivity contribution in [3.05, 3.63) is 70.8 Å². The molecule has 1 saturated heterocycles. The average molecular weight is 403 g/mol. The van der Waals surface area contributed by atoms with Crippen molar-refractivity contribution < 1.29 is 19.4 Å². The summed E-state index contributed by atoms with van der Waals surface area (Å²) < 4.78 is 12.3. The highest BCUT2D eigenvalue weighted by Gasteiger charge is 2.64. The molecule has 0 radical (unpaired) electrons. The average Bonchev–Trinajstić information content (AvgIpc) is 3.09. The van der Waals surface area contributed by atoms with Gasteiger partial charge in [0.2, 0.25) is 0 Å². The summed E-state index contributed by atoms with van der Waals surface area (Å²) in [6, 6.07) is 11.8. The van der Waals surface area contributed by atoms with Gasteiger partial charge in [0.25, 0.3) is 0 Å². The first kappa shape index (κ1) is 18.2. The van der Waals surface area contributed by atoms with Crippen molar-refractivity contribution in [2.24, 2.45) is 5.92 Å². The fraction of sp³-hybridized carbons (Fsp3) is 0.400. The molecule has 30 heavy (non-hydrogen) atoms. The maximum atomic E-state index is 12.9. The number of ether oxygens (including phenoxy) is 2. The minimum absolute atomic E-state index is 0.251. The molecule has 4 aliphatic rings. The number of esters is 1. The Morgan fingerprint density at radius 3 is 2.90 bits per heavy atom. The van der Waals surface area contributed by atoms with E-state index in [2.05, 4.69) is 24.1 Å². The first-order valence-corrected chi connectivity index (χ1v) is 10.7. The van der Waals surface area contributed by atoms with Crippen molar-refractivity contribution in [1.29, 1.82) is 0 Å². The molecule has 2 aliphatic heterocycles. The van der Waals surface area contributed by atoms with Gasteiger partial charge in [0.1, 0.15) is 12.2 Å². The van der Waals surface area contributed by atoms with Crippen LogP contribution in [-0.2, 0) is 11.8 Å². The van der Waals surface area contributed by atoms with Gasteiger partial charge in [-0.2, -0.15) is 0 Å². The van der Waals surface area contributed by atoms with E-state index < -0.39 is 6.10 Å². The van der Waals surface area contributed by atoms with E-state index >= 15 is 0 Å². The van der Waals surface area contributed by atoms with E-state index in [9.17, 15) is 9.90 Å². The highest BCUT2D eigenvalue weighted by Crippen LogP contribution is 2.62. The summed E-state index contributed by atoms with van der Waals surface area (Å²) in [5.41, 5.74) is 3.58. The minimum atomic E-state index is -0.663. The maximum absolute atomic E-state index is 12.9. The number of aryl methyl sites for hydroxylation is 1. The number of rotatable bonds is 2. The molecule has 1 fully saturated rings. The quantitative estimate of drug-likeness (QED) is 0.475. The summed E-state index contributed by atoms with van der Waals surface area (Å²) in [5, 5.41) is 10.8. The van der Waals surface area contributed by atoms with Gasteiger partial charge in [0.05, 0.1) is 5.56 Å². The predicted molar refractivity (Wildman–Crippen MR) is 112 cm³/mol. The zero-order valence-electron chi connectivity index (χ0n) is 17.2. The van der Waals surface area contributed by atoms with Crippen LogP contribution in [0, 0.1) is 12.8 Å². The number of aliphatic hydroxyl groups excluding tert-OH is 1. The van der Waals surface area contributed by atoms with Gasteiger partial charge in [-0.05, 0) is 56.6 Å². The van der Waals surface area contributed by atoms with E-state index in [4.69, 9.17) is 9.47 Å². The molecule has 2 heterocycles. The molecular formula is C25H25NO4. The summed E-state index contributed by atoms with van der Waals surface area (Å²) in [6.45, 7) is 2.87. The summed E-state index contributed by atoms with van der Waals surface area (Å²) in [4.78, 5) is 15.3. The Morgan fingerprint density at radius 2 is 2.07 bits per heavy atom. The molecule has 1 N–H and O–H groups in total. The second kappa shape index (κ2) is 6.19. The lowest BCUT2D eigenvalue weighted by atomic mass is 9.53. The highest BCUT2D eigenvalue weighted by atomic mass is 16.6.